The molecule has 0 bridgehead atoms. The van der Waals surface area contributed by atoms with Crippen molar-refractivity contribution in [3.63, 3.8) is 0 Å². The van der Waals surface area contributed by atoms with E-state index in [9.17, 15) is 18.5 Å². The molecular formula is C12H19N3O5S. The summed E-state index contributed by atoms with van der Waals surface area (Å²) in [6.07, 6.45) is 0. The molecular weight excluding hydrogens is 298 g/mol. The summed E-state index contributed by atoms with van der Waals surface area (Å²) in [5.41, 5.74) is 0.437. The molecule has 1 aromatic carbocycles. The Morgan fingerprint density at radius 3 is 2.52 bits per heavy atom. The number of sulfonamides is 1. The molecule has 9 heteroatoms. The maximum atomic E-state index is 12.5. The van der Waals surface area contributed by atoms with Gasteiger partial charge < -0.3 is 10.1 Å². The van der Waals surface area contributed by atoms with Crippen LogP contribution in [0.4, 0.5) is 11.4 Å². The first-order valence-electron chi connectivity index (χ1n) is 6.17. The number of methoxy groups -OCH3 is 1. The highest BCUT2D eigenvalue weighted by atomic mass is 32.2. The average Bonchev–Trinajstić information content (AvgIpc) is 2.43. The van der Waals surface area contributed by atoms with E-state index >= 15 is 0 Å². The van der Waals surface area contributed by atoms with E-state index in [0.29, 0.717) is 5.56 Å². The summed E-state index contributed by atoms with van der Waals surface area (Å²) in [6, 6.07) is 2.54. The third-order valence-corrected chi connectivity index (χ3v) is 5.06. The van der Waals surface area contributed by atoms with Crippen molar-refractivity contribution >= 4 is 21.4 Å². The molecule has 1 N–H and O–H groups in total. The highest BCUT2D eigenvalue weighted by Crippen LogP contribution is 2.31. The number of nitro groups is 1. The molecule has 0 aliphatic rings. The van der Waals surface area contributed by atoms with Crippen LogP contribution >= 0.6 is 0 Å². The molecule has 0 unspecified atom stereocenters. The van der Waals surface area contributed by atoms with E-state index in [1.54, 1.807) is 14.0 Å². The molecule has 0 atom stereocenters. The normalized spacial score (nSPS) is 11.7. The summed E-state index contributed by atoms with van der Waals surface area (Å²) in [5, 5.41) is 13.7. The predicted octanol–water partition coefficient (Wildman–Crippen LogP) is 1.21. The van der Waals surface area contributed by atoms with Crippen LogP contribution in [0.5, 0.6) is 0 Å². The monoisotopic (exact) mass is 317 g/mol. The topological polar surface area (TPSA) is 102 Å². The van der Waals surface area contributed by atoms with Crippen molar-refractivity contribution in [3.8, 4) is 0 Å². The van der Waals surface area contributed by atoms with Gasteiger partial charge in [-0.05, 0) is 18.6 Å². The standard InChI is InChI=1S/C12H19N3O5S/c1-9-7-10(13-2)11(15(16)17)8-12(9)21(18,19)14(3)5-6-20-4/h7-8,13H,5-6H2,1-4H3. The Kier molecular flexibility index (Phi) is 5.64. The molecule has 0 aliphatic carbocycles. The van der Waals surface area contributed by atoms with Crippen molar-refractivity contribution in [1.29, 1.82) is 0 Å². The third-order valence-electron chi connectivity index (χ3n) is 3.06. The molecule has 0 amide bonds. The Hall–Kier alpha value is -1.71. The van der Waals surface area contributed by atoms with Crippen LogP contribution in [-0.4, -0.2) is 52.0 Å². The second kappa shape index (κ2) is 6.83. The molecule has 1 aromatic rings. The highest BCUT2D eigenvalue weighted by molar-refractivity contribution is 7.89. The van der Waals surface area contributed by atoms with E-state index in [-0.39, 0.29) is 29.4 Å². The van der Waals surface area contributed by atoms with Crippen LogP contribution < -0.4 is 5.32 Å². The second-order valence-corrected chi connectivity index (χ2v) is 6.47. The van der Waals surface area contributed by atoms with Gasteiger partial charge in [0.2, 0.25) is 10.0 Å². The van der Waals surface area contributed by atoms with Gasteiger partial charge in [-0.25, -0.2) is 8.42 Å². The number of ether oxygens (including phenoxy) is 1. The lowest BCUT2D eigenvalue weighted by molar-refractivity contribution is -0.384. The number of likely N-dealkylation sites (N-methyl/N-ethyl adjacent to an activating group) is 1. The summed E-state index contributed by atoms with van der Waals surface area (Å²) < 4.78 is 30.9. The number of nitro benzene ring substituents is 1. The zero-order chi connectivity index (χ0) is 16.2. The number of rotatable bonds is 7. The van der Waals surface area contributed by atoms with Crippen molar-refractivity contribution < 1.29 is 18.1 Å². The van der Waals surface area contributed by atoms with Gasteiger partial charge in [0.15, 0.2) is 0 Å². The number of benzene rings is 1. The Morgan fingerprint density at radius 1 is 1.43 bits per heavy atom. The van der Waals surface area contributed by atoms with Crippen molar-refractivity contribution in [2.45, 2.75) is 11.8 Å². The first kappa shape index (κ1) is 17.3. The predicted molar refractivity (Wildman–Crippen MR) is 79.1 cm³/mol. The molecule has 0 heterocycles. The van der Waals surface area contributed by atoms with Gasteiger partial charge in [-0.3, -0.25) is 10.1 Å². The van der Waals surface area contributed by atoms with Crippen LogP contribution in [0.25, 0.3) is 0 Å². The number of nitrogens with one attached hydrogen (secondary N) is 1. The van der Waals surface area contributed by atoms with Gasteiger partial charge in [0.05, 0.1) is 16.4 Å². The average molecular weight is 317 g/mol. The lowest BCUT2D eigenvalue weighted by Crippen LogP contribution is -2.30. The Labute approximate surface area is 123 Å². The zero-order valence-corrected chi connectivity index (χ0v) is 13.2. The molecule has 0 aliphatic heterocycles. The van der Waals surface area contributed by atoms with E-state index in [1.165, 1.54) is 20.2 Å². The fraction of sp³-hybridized carbons (Fsp3) is 0.500. The molecule has 0 spiro atoms. The molecule has 0 saturated carbocycles. The number of anilines is 1. The lowest BCUT2D eigenvalue weighted by atomic mass is 10.2. The first-order chi connectivity index (χ1) is 9.75. The molecule has 118 valence electrons. The second-order valence-electron chi connectivity index (χ2n) is 4.46. The van der Waals surface area contributed by atoms with Crippen molar-refractivity contribution in [1.82, 2.24) is 4.31 Å². The molecule has 1 rings (SSSR count). The summed E-state index contributed by atoms with van der Waals surface area (Å²) >= 11 is 0. The van der Waals surface area contributed by atoms with E-state index in [2.05, 4.69) is 5.32 Å². The van der Waals surface area contributed by atoms with Gasteiger partial charge in [0, 0.05) is 33.8 Å². The third kappa shape index (κ3) is 3.69. The Balaban J connectivity index is 3.36. The largest absolute Gasteiger partial charge is 0.383 e. The summed E-state index contributed by atoms with van der Waals surface area (Å²) in [5.74, 6) is 0. The van der Waals surface area contributed by atoms with Crippen LogP contribution in [0.2, 0.25) is 0 Å². The SMILES string of the molecule is CNc1cc(C)c(S(=O)(=O)N(C)CCOC)cc1[N+](=O)[O-]. The van der Waals surface area contributed by atoms with E-state index in [0.717, 1.165) is 10.4 Å². The van der Waals surface area contributed by atoms with E-state index in [4.69, 9.17) is 4.74 Å². The number of hydrogen-bond acceptors (Lipinski definition) is 6. The van der Waals surface area contributed by atoms with Crippen LogP contribution in [0.1, 0.15) is 5.56 Å². The number of aryl methyl sites for hydroxylation is 1. The van der Waals surface area contributed by atoms with Crippen molar-refractivity contribution in [2.75, 3.05) is 39.7 Å². The Morgan fingerprint density at radius 2 is 2.05 bits per heavy atom. The van der Waals surface area contributed by atoms with Crippen LogP contribution in [-0.2, 0) is 14.8 Å². The molecule has 0 radical (unpaired) electrons. The highest BCUT2D eigenvalue weighted by Gasteiger charge is 2.27. The van der Waals surface area contributed by atoms with Gasteiger partial charge in [0.1, 0.15) is 5.69 Å². The molecule has 0 aromatic heterocycles. The smallest absolute Gasteiger partial charge is 0.293 e. The van der Waals surface area contributed by atoms with Gasteiger partial charge in [0.25, 0.3) is 5.69 Å². The number of hydrogen-bond donors (Lipinski definition) is 1. The summed E-state index contributed by atoms with van der Waals surface area (Å²) in [6.45, 7) is 2.01. The first-order valence-corrected chi connectivity index (χ1v) is 7.61. The molecule has 21 heavy (non-hydrogen) atoms. The van der Waals surface area contributed by atoms with E-state index in [1.807, 2.05) is 0 Å². The maximum absolute atomic E-state index is 12.5. The van der Waals surface area contributed by atoms with Crippen LogP contribution in [0.15, 0.2) is 17.0 Å². The summed E-state index contributed by atoms with van der Waals surface area (Å²) in [7, 11) is 0.619. The minimum atomic E-state index is -3.80. The quantitative estimate of drug-likeness (QED) is 0.599. The van der Waals surface area contributed by atoms with Crippen LogP contribution in [0, 0.1) is 17.0 Å². The minimum Gasteiger partial charge on any atom is -0.383 e. The lowest BCUT2D eigenvalue weighted by Gasteiger charge is -2.18. The maximum Gasteiger partial charge on any atom is 0.293 e. The molecule has 8 nitrogen and oxygen atoms in total. The van der Waals surface area contributed by atoms with Crippen molar-refractivity contribution in [3.05, 3.63) is 27.8 Å². The zero-order valence-electron chi connectivity index (χ0n) is 12.4. The van der Waals surface area contributed by atoms with Gasteiger partial charge in [-0.2, -0.15) is 4.31 Å². The molecule has 0 saturated heterocycles. The van der Waals surface area contributed by atoms with Crippen molar-refractivity contribution in [2.24, 2.45) is 0 Å². The van der Waals surface area contributed by atoms with Gasteiger partial charge in [-0.15, -0.1) is 0 Å². The van der Waals surface area contributed by atoms with Gasteiger partial charge >= 0.3 is 0 Å². The van der Waals surface area contributed by atoms with Gasteiger partial charge in [-0.1, -0.05) is 0 Å². The molecule has 0 fully saturated rings. The fourth-order valence-electron chi connectivity index (χ4n) is 1.81. The minimum absolute atomic E-state index is 0.0770. The van der Waals surface area contributed by atoms with Crippen LogP contribution in [0.3, 0.4) is 0 Å². The Bertz CT molecular complexity index is 630. The fourth-order valence-corrected chi connectivity index (χ4v) is 3.19. The van der Waals surface area contributed by atoms with E-state index < -0.39 is 14.9 Å². The number of nitrogens with zero attached hydrogens (tertiary/aromatic N) is 2. The summed E-state index contributed by atoms with van der Waals surface area (Å²) in [4.78, 5) is 10.4.